The molecule has 0 spiro atoms. The molecule has 0 amide bonds. The third-order valence-corrected chi connectivity index (χ3v) is 3.10. The number of rotatable bonds is 2. The molecule has 0 atom stereocenters. The molecule has 0 aliphatic carbocycles. The average Bonchev–Trinajstić information content (AvgIpc) is 2.53. The summed E-state index contributed by atoms with van der Waals surface area (Å²) in [6.45, 7) is 0.277. The van der Waals surface area contributed by atoms with Crippen LogP contribution in [0.1, 0.15) is 5.56 Å². The van der Waals surface area contributed by atoms with Crippen molar-refractivity contribution in [2.75, 3.05) is 0 Å². The first-order chi connectivity index (χ1) is 9.83. The molecule has 1 aromatic heterocycles. The number of hydrogen-bond acceptors (Lipinski definition) is 2. The highest BCUT2D eigenvalue weighted by molar-refractivity contribution is 5.81. The van der Waals surface area contributed by atoms with Crippen LogP contribution in [0.15, 0.2) is 73.1 Å². The number of carbonyl (C=O) groups is 1. The van der Waals surface area contributed by atoms with Crippen LogP contribution in [0.2, 0.25) is 0 Å². The Hall–Kier alpha value is -2.39. The van der Waals surface area contributed by atoms with E-state index in [1.807, 2.05) is 60.7 Å². The fourth-order valence-electron chi connectivity index (χ4n) is 2.04. The first kappa shape index (κ1) is 15.0. The molecule has 21 heavy (non-hydrogen) atoms. The molecule has 0 radical (unpaired) electrons. The number of pyridine rings is 1. The normalized spacial score (nSPS) is 9.90. The summed E-state index contributed by atoms with van der Waals surface area (Å²) >= 11 is 0. The highest BCUT2D eigenvalue weighted by Crippen LogP contribution is 2.09. The van der Waals surface area contributed by atoms with Crippen LogP contribution in [0.4, 0.5) is 4.79 Å². The molecule has 4 heteroatoms. The molecule has 0 unspecified atom stereocenters. The number of halogens is 1. The second kappa shape index (κ2) is 6.86. The lowest BCUT2D eigenvalue weighted by Gasteiger charge is -2.01. The van der Waals surface area contributed by atoms with E-state index in [2.05, 4.69) is 0 Å². The van der Waals surface area contributed by atoms with Crippen molar-refractivity contribution in [3.05, 3.63) is 78.6 Å². The highest BCUT2D eigenvalue weighted by Gasteiger charge is 2.16. The first-order valence-electron chi connectivity index (χ1n) is 6.44. The van der Waals surface area contributed by atoms with E-state index in [1.165, 1.54) is 4.57 Å². The van der Waals surface area contributed by atoms with Gasteiger partial charge in [-0.25, -0.2) is 0 Å². The molecule has 0 aliphatic heterocycles. The van der Waals surface area contributed by atoms with Crippen LogP contribution >= 0.6 is 0 Å². The van der Waals surface area contributed by atoms with Gasteiger partial charge in [-0.3, -0.25) is 0 Å². The lowest BCUT2D eigenvalue weighted by atomic mass is 10.2. The van der Waals surface area contributed by atoms with Crippen molar-refractivity contribution in [1.29, 1.82) is 0 Å². The molecular weight excluding hydrogens is 286 g/mol. The molecule has 0 N–H and O–H groups in total. The summed E-state index contributed by atoms with van der Waals surface area (Å²) in [5.41, 5.74) is 0.974. The smallest absolute Gasteiger partial charge is 0.602 e. The zero-order valence-electron chi connectivity index (χ0n) is 11.3. The van der Waals surface area contributed by atoms with Gasteiger partial charge >= 0.3 is 6.09 Å². The minimum absolute atomic E-state index is 0. The summed E-state index contributed by atoms with van der Waals surface area (Å²) < 4.78 is 6.75. The van der Waals surface area contributed by atoms with E-state index in [1.54, 1.807) is 12.4 Å². The van der Waals surface area contributed by atoms with E-state index in [-0.39, 0.29) is 25.1 Å². The van der Waals surface area contributed by atoms with Crippen LogP contribution < -0.4 is 17.0 Å². The van der Waals surface area contributed by atoms with Gasteiger partial charge in [-0.15, -0.1) is 0 Å². The number of benzene rings is 2. The Balaban J connectivity index is 0.00000161. The topological polar surface area (TPSA) is 30.2 Å². The minimum Gasteiger partial charge on any atom is -1.00 e. The third kappa shape index (κ3) is 3.58. The monoisotopic (exact) mass is 299 g/mol. The van der Waals surface area contributed by atoms with Crippen LogP contribution in [-0.4, -0.2) is 6.09 Å². The molecule has 3 nitrogen and oxygen atoms in total. The van der Waals surface area contributed by atoms with E-state index in [0.717, 1.165) is 16.3 Å². The maximum atomic E-state index is 12.0. The predicted octanol–water partition coefficient (Wildman–Crippen LogP) is 0.316. The van der Waals surface area contributed by atoms with Crippen LogP contribution in [0.5, 0.6) is 0 Å². The number of hydrogen-bond donors (Lipinski definition) is 0. The van der Waals surface area contributed by atoms with Crippen molar-refractivity contribution in [3.63, 3.8) is 0 Å². The highest BCUT2D eigenvalue weighted by atomic mass is 35.5. The Bertz CT molecular complexity index is 744. The van der Waals surface area contributed by atoms with Crippen LogP contribution in [0.3, 0.4) is 0 Å². The largest absolute Gasteiger partial charge is 1.00 e. The van der Waals surface area contributed by atoms with Gasteiger partial charge in [0.1, 0.15) is 6.61 Å². The SMILES string of the molecule is O=C(OCc1ccccc1)[n+]1ccc2ccccc2c1.[Cl-]. The maximum Gasteiger partial charge on any atom is 0.602 e. The second-order valence-corrected chi connectivity index (χ2v) is 4.52. The Morgan fingerprint density at radius 1 is 0.905 bits per heavy atom. The molecule has 2 aromatic carbocycles. The number of carbonyl (C=O) groups excluding carboxylic acids is 1. The van der Waals surface area contributed by atoms with Gasteiger partial charge in [0.25, 0.3) is 0 Å². The van der Waals surface area contributed by atoms with Gasteiger partial charge in [-0.05, 0) is 17.0 Å². The molecular formula is C17H14ClNO2. The molecule has 0 aliphatic rings. The van der Waals surface area contributed by atoms with Crippen molar-refractivity contribution in [1.82, 2.24) is 0 Å². The summed E-state index contributed by atoms with van der Waals surface area (Å²) in [4.78, 5) is 12.0. The standard InChI is InChI=1S/C17H14NO2.ClH/c19-17(20-13-14-6-2-1-3-7-14)18-11-10-15-8-4-5-9-16(15)12-18;/h1-12H,13H2;1H/q+1;/p-1. The fourth-order valence-corrected chi connectivity index (χ4v) is 2.04. The van der Waals surface area contributed by atoms with E-state index >= 15 is 0 Å². The average molecular weight is 300 g/mol. The van der Waals surface area contributed by atoms with E-state index in [9.17, 15) is 4.79 Å². The summed E-state index contributed by atoms with van der Waals surface area (Å²) in [6.07, 6.45) is 3.12. The van der Waals surface area contributed by atoms with Gasteiger partial charge in [0, 0.05) is 11.5 Å². The van der Waals surface area contributed by atoms with Crippen molar-refractivity contribution in [2.45, 2.75) is 6.61 Å². The van der Waals surface area contributed by atoms with Gasteiger partial charge < -0.3 is 17.1 Å². The minimum atomic E-state index is -0.375. The Morgan fingerprint density at radius 2 is 1.57 bits per heavy atom. The van der Waals surface area contributed by atoms with Crippen molar-refractivity contribution in [3.8, 4) is 0 Å². The van der Waals surface area contributed by atoms with Crippen molar-refractivity contribution >= 4 is 16.9 Å². The van der Waals surface area contributed by atoms with Gasteiger partial charge in [-0.2, -0.15) is 4.79 Å². The predicted molar refractivity (Wildman–Crippen MR) is 76.2 cm³/mol. The molecule has 106 valence electrons. The zero-order valence-corrected chi connectivity index (χ0v) is 12.0. The number of fused-ring (bicyclic) bond motifs is 1. The van der Waals surface area contributed by atoms with Gasteiger partial charge in [0.15, 0.2) is 12.4 Å². The second-order valence-electron chi connectivity index (χ2n) is 4.52. The summed E-state index contributed by atoms with van der Waals surface area (Å²) in [7, 11) is 0. The summed E-state index contributed by atoms with van der Waals surface area (Å²) in [6, 6.07) is 19.4. The first-order valence-corrected chi connectivity index (χ1v) is 6.44. The van der Waals surface area contributed by atoms with Crippen LogP contribution in [0, 0.1) is 0 Å². The molecule has 0 saturated carbocycles. The quantitative estimate of drug-likeness (QED) is 0.638. The zero-order chi connectivity index (χ0) is 13.8. The van der Waals surface area contributed by atoms with Crippen molar-refractivity contribution < 1.29 is 26.5 Å². The molecule has 0 fully saturated rings. The van der Waals surface area contributed by atoms with Gasteiger partial charge in [0.2, 0.25) is 0 Å². The summed E-state index contributed by atoms with van der Waals surface area (Å²) in [5, 5.41) is 2.10. The Kier molecular flexibility index (Phi) is 4.90. The molecule has 0 bridgehead atoms. The van der Waals surface area contributed by atoms with E-state index in [0.29, 0.717) is 0 Å². The Morgan fingerprint density at radius 3 is 2.33 bits per heavy atom. The fraction of sp³-hybridized carbons (Fsp3) is 0.0588. The molecule has 3 aromatic rings. The lowest BCUT2D eigenvalue weighted by molar-refractivity contribution is -0.585. The molecule has 3 rings (SSSR count). The van der Waals surface area contributed by atoms with Gasteiger partial charge in [0.05, 0.1) is 0 Å². The van der Waals surface area contributed by atoms with Crippen molar-refractivity contribution in [2.24, 2.45) is 0 Å². The maximum absolute atomic E-state index is 12.0. The summed E-state index contributed by atoms with van der Waals surface area (Å²) in [5.74, 6) is 0. The van der Waals surface area contributed by atoms with E-state index < -0.39 is 0 Å². The van der Waals surface area contributed by atoms with E-state index in [4.69, 9.17) is 4.74 Å². The molecule has 0 saturated heterocycles. The van der Waals surface area contributed by atoms with Gasteiger partial charge in [-0.1, -0.05) is 53.1 Å². The van der Waals surface area contributed by atoms with Crippen LogP contribution in [0.25, 0.3) is 10.8 Å². The Labute approximate surface area is 129 Å². The number of aromatic nitrogens is 1. The molecule has 1 heterocycles. The number of ether oxygens (including phenoxy) is 1. The lowest BCUT2D eigenvalue weighted by Crippen LogP contribution is -3.00. The van der Waals surface area contributed by atoms with Crippen LogP contribution in [-0.2, 0) is 11.3 Å². The third-order valence-electron chi connectivity index (χ3n) is 3.10. The number of nitrogens with zero attached hydrogens (tertiary/aromatic N) is 1.